The van der Waals surface area contributed by atoms with Crippen molar-refractivity contribution in [3.8, 4) is 0 Å². The summed E-state index contributed by atoms with van der Waals surface area (Å²) >= 11 is 0. The fraction of sp³-hybridized carbons (Fsp3) is 0.533. The van der Waals surface area contributed by atoms with Crippen LogP contribution in [0.15, 0.2) is 18.2 Å². The van der Waals surface area contributed by atoms with Gasteiger partial charge in [-0.05, 0) is 31.9 Å². The van der Waals surface area contributed by atoms with Crippen LogP contribution >= 0.6 is 0 Å². The Morgan fingerprint density at radius 3 is 2.68 bits per heavy atom. The Morgan fingerprint density at radius 1 is 1.42 bits per heavy atom. The highest BCUT2D eigenvalue weighted by atomic mass is 19.1. The standard InChI is InChI=1S/C15H21FN2O/c1-3-18(11-7-4-5-8-11)15(19)12-9-6-10-13(16)14(12)17-2/h6,9-11,17H,3-5,7-8H2,1-2H3. The van der Waals surface area contributed by atoms with Crippen molar-refractivity contribution in [2.75, 3.05) is 18.9 Å². The van der Waals surface area contributed by atoms with Crippen molar-refractivity contribution in [1.82, 2.24) is 4.90 Å². The van der Waals surface area contributed by atoms with Gasteiger partial charge in [-0.25, -0.2) is 4.39 Å². The van der Waals surface area contributed by atoms with Crippen LogP contribution in [-0.4, -0.2) is 30.4 Å². The van der Waals surface area contributed by atoms with Gasteiger partial charge in [0.1, 0.15) is 5.82 Å². The Bertz CT molecular complexity index is 455. The second kappa shape index (κ2) is 6.04. The van der Waals surface area contributed by atoms with Crippen LogP contribution in [0.4, 0.5) is 10.1 Å². The van der Waals surface area contributed by atoms with Gasteiger partial charge in [-0.2, -0.15) is 0 Å². The van der Waals surface area contributed by atoms with E-state index in [-0.39, 0.29) is 11.7 Å². The number of carbonyl (C=O) groups is 1. The van der Waals surface area contributed by atoms with Gasteiger partial charge < -0.3 is 10.2 Å². The predicted octanol–water partition coefficient (Wildman–Crippen LogP) is 3.27. The van der Waals surface area contributed by atoms with Crippen LogP contribution < -0.4 is 5.32 Å². The van der Waals surface area contributed by atoms with Crippen molar-refractivity contribution >= 4 is 11.6 Å². The van der Waals surface area contributed by atoms with E-state index in [1.165, 1.54) is 18.9 Å². The molecule has 1 saturated carbocycles. The summed E-state index contributed by atoms with van der Waals surface area (Å²) in [7, 11) is 1.64. The summed E-state index contributed by atoms with van der Waals surface area (Å²) in [4.78, 5) is 14.5. The minimum atomic E-state index is -0.379. The Labute approximate surface area is 113 Å². The van der Waals surface area contributed by atoms with Crippen molar-refractivity contribution in [3.63, 3.8) is 0 Å². The maximum atomic E-state index is 13.7. The Balaban J connectivity index is 2.29. The summed E-state index contributed by atoms with van der Waals surface area (Å²) in [6.45, 7) is 2.65. The monoisotopic (exact) mass is 264 g/mol. The van der Waals surface area contributed by atoms with Crippen LogP contribution in [0, 0.1) is 5.82 Å². The van der Waals surface area contributed by atoms with E-state index in [1.54, 1.807) is 19.2 Å². The van der Waals surface area contributed by atoms with Crippen LogP contribution in [-0.2, 0) is 0 Å². The first kappa shape index (κ1) is 13.8. The highest BCUT2D eigenvalue weighted by Gasteiger charge is 2.27. The quantitative estimate of drug-likeness (QED) is 0.905. The molecule has 4 heteroatoms. The maximum Gasteiger partial charge on any atom is 0.256 e. The minimum absolute atomic E-state index is 0.0711. The highest BCUT2D eigenvalue weighted by molar-refractivity contribution is 5.99. The van der Waals surface area contributed by atoms with Crippen LogP contribution in [0.1, 0.15) is 43.0 Å². The van der Waals surface area contributed by atoms with Crippen LogP contribution in [0.25, 0.3) is 0 Å². The molecule has 1 amide bonds. The summed E-state index contributed by atoms with van der Waals surface area (Å²) in [6.07, 6.45) is 4.47. The lowest BCUT2D eigenvalue weighted by molar-refractivity contribution is 0.0694. The van der Waals surface area contributed by atoms with Crippen LogP contribution in [0.3, 0.4) is 0 Å². The van der Waals surface area contributed by atoms with E-state index in [2.05, 4.69) is 5.32 Å². The molecule has 1 aromatic rings. The largest absolute Gasteiger partial charge is 0.385 e. The Morgan fingerprint density at radius 2 is 2.11 bits per heavy atom. The molecule has 104 valence electrons. The molecular formula is C15H21FN2O. The molecule has 0 aliphatic heterocycles. The second-order valence-corrected chi connectivity index (χ2v) is 4.94. The number of hydrogen-bond acceptors (Lipinski definition) is 2. The van der Waals surface area contributed by atoms with E-state index in [1.807, 2.05) is 11.8 Å². The fourth-order valence-corrected chi connectivity index (χ4v) is 2.89. The first-order valence-corrected chi connectivity index (χ1v) is 6.96. The van der Waals surface area contributed by atoms with E-state index >= 15 is 0 Å². The lowest BCUT2D eigenvalue weighted by Gasteiger charge is -2.28. The van der Waals surface area contributed by atoms with Gasteiger partial charge in [0.25, 0.3) is 5.91 Å². The molecule has 0 unspecified atom stereocenters. The molecule has 3 nitrogen and oxygen atoms in total. The number of nitrogens with zero attached hydrogens (tertiary/aromatic N) is 1. The molecule has 19 heavy (non-hydrogen) atoms. The van der Waals surface area contributed by atoms with E-state index < -0.39 is 0 Å². The predicted molar refractivity (Wildman–Crippen MR) is 74.9 cm³/mol. The molecule has 0 aromatic heterocycles. The first-order valence-electron chi connectivity index (χ1n) is 6.96. The summed E-state index contributed by atoms with van der Waals surface area (Å²) in [5.41, 5.74) is 0.722. The average molecular weight is 264 g/mol. The van der Waals surface area contributed by atoms with Gasteiger partial charge in [-0.15, -0.1) is 0 Å². The van der Waals surface area contributed by atoms with Gasteiger partial charge in [0.15, 0.2) is 0 Å². The SMILES string of the molecule is CCN(C(=O)c1cccc(F)c1NC)C1CCCC1. The van der Waals surface area contributed by atoms with Crippen molar-refractivity contribution in [2.24, 2.45) is 0 Å². The normalized spacial score (nSPS) is 15.5. The maximum absolute atomic E-state index is 13.7. The molecule has 0 saturated heterocycles. The smallest absolute Gasteiger partial charge is 0.256 e. The summed E-state index contributed by atoms with van der Waals surface area (Å²) in [5, 5.41) is 2.79. The third-order valence-electron chi connectivity index (χ3n) is 3.86. The molecule has 1 N–H and O–H groups in total. The molecule has 2 rings (SSSR count). The minimum Gasteiger partial charge on any atom is -0.385 e. The molecule has 0 bridgehead atoms. The van der Waals surface area contributed by atoms with E-state index in [0.29, 0.717) is 23.8 Å². The third kappa shape index (κ3) is 2.72. The lowest BCUT2D eigenvalue weighted by atomic mass is 10.1. The molecule has 0 radical (unpaired) electrons. The highest BCUT2D eigenvalue weighted by Crippen LogP contribution is 2.27. The molecule has 0 spiro atoms. The molecular weight excluding hydrogens is 243 g/mol. The van der Waals surface area contributed by atoms with Gasteiger partial charge >= 0.3 is 0 Å². The topological polar surface area (TPSA) is 32.3 Å². The van der Waals surface area contributed by atoms with Crippen molar-refractivity contribution in [2.45, 2.75) is 38.6 Å². The van der Waals surface area contributed by atoms with Gasteiger partial charge in [-0.3, -0.25) is 4.79 Å². The third-order valence-corrected chi connectivity index (χ3v) is 3.86. The molecule has 1 aliphatic rings. The molecule has 1 aliphatic carbocycles. The average Bonchev–Trinajstić information content (AvgIpc) is 2.93. The first-order chi connectivity index (χ1) is 9.19. The van der Waals surface area contributed by atoms with Crippen molar-refractivity contribution in [3.05, 3.63) is 29.6 Å². The number of hydrogen-bond donors (Lipinski definition) is 1. The molecule has 0 heterocycles. The second-order valence-electron chi connectivity index (χ2n) is 4.94. The number of rotatable bonds is 4. The van der Waals surface area contributed by atoms with Crippen LogP contribution in [0.2, 0.25) is 0 Å². The zero-order chi connectivity index (χ0) is 13.8. The number of anilines is 1. The zero-order valence-electron chi connectivity index (χ0n) is 11.6. The lowest BCUT2D eigenvalue weighted by Crippen LogP contribution is -2.39. The van der Waals surface area contributed by atoms with Gasteiger partial charge in [0.05, 0.1) is 11.3 Å². The molecule has 0 atom stereocenters. The molecule has 1 fully saturated rings. The van der Waals surface area contributed by atoms with Gasteiger partial charge in [-0.1, -0.05) is 18.9 Å². The number of amides is 1. The number of halogens is 1. The van der Waals surface area contributed by atoms with E-state index in [0.717, 1.165) is 12.8 Å². The summed E-state index contributed by atoms with van der Waals surface area (Å²) in [6, 6.07) is 4.96. The number of nitrogens with one attached hydrogen (secondary N) is 1. The molecule has 1 aromatic carbocycles. The number of para-hydroxylation sites is 1. The van der Waals surface area contributed by atoms with Crippen LogP contribution in [0.5, 0.6) is 0 Å². The number of benzene rings is 1. The van der Waals surface area contributed by atoms with E-state index in [9.17, 15) is 9.18 Å². The zero-order valence-corrected chi connectivity index (χ0v) is 11.6. The summed E-state index contributed by atoms with van der Waals surface area (Å²) < 4.78 is 13.7. The Kier molecular flexibility index (Phi) is 4.40. The van der Waals surface area contributed by atoms with Gasteiger partial charge in [0.2, 0.25) is 0 Å². The van der Waals surface area contributed by atoms with E-state index in [4.69, 9.17) is 0 Å². The summed E-state index contributed by atoms with van der Waals surface area (Å²) in [5.74, 6) is -0.450. The number of carbonyl (C=O) groups excluding carboxylic acids is 1. The van der Waals surface area contributed by atoms with Gasteiger partial charge in [0, 0.05) is 19.6 Å². The fourth-order valence-electron chi connectivity index (χ4n) is 2.89. The Hall–Kier alpha value is -1.58. The van der Waals surface area contributed by atoms with Crippen molar-refractivity contribution < 1.29 is 9.18 Å². The van der Waals surface area contributed by atoms with Crippen molar-refractivity contribution in [1.29, 1.82) is 0 Å².